The van der Waals surface area contributed by atoms with Crippen LogP contribution in [0.4, 0.5) is 5.69 Å². The van der Waals surface area contributed by atoms with E-state index < -0.39 is 26.2 Å². The molecule has 1 aliphatic rings. The molecular weight excluding hydrogens is 410 g/mol. The Labute approximate surface area is 174 Å². The maximum atomic E-state index is 12.7. The molecule has 0 saturated carbocycles. The highest BCUT2D eigenvalue weighted by Crippen LogP contribution is 2.13. The molecule has 0 spiro atoms. The molecule has 1 aromatic carbocycles. The molecule has 3 rings (SSSR count). The number of aryl methyl sites for hydroxylation is 1. The van der Waals surface area contributed by atoms with Crippen molar-refractivity contribution in [3.8, 4) is 0 Å². The minimum atomic E-state index is -4.07. The number of aromatic nitrogens is 2. The van der Waals surface area contributed by atoms with Gasteiger partial charge in [-0.2, -0.15) is 0 Å². The van der Waals surface area contributed by atoms with E-state index in [0.29, 0.717) is 25.9 Å². The van der Waals surface area contributed by atoms with Gasteiger partial charge in [-0.25, -0.2) is 17.9 Å². The molecule has 0 atom stereocenters. The van der Waals surface area contributed by atoms with Crippen molar-refractivity contribution >= 4 is 21.6 Å². The number of amides is 1. The van der Waals surface area contributed by atoms with Gasteiger partial charge in [-0.3, -0.25) is 19.1 Å². The zero-order valence-corrected chi connectivity index (χ0v) is 17.7. The third-order valence-corrected chi connectivity index (χ3v) is 6.54. The van der Waals surface area contributed by atoms with Gasteiger partial charge in [-0.05, 0) is 25.0 Å². The summed E-state index contributed by atoms with van der Waals surface area (Å²) in [7, 11) is -1.45. The summed E-state index contributed by atoms with van der Waals surface area (Å²) in [4.78, 5) is 37.7. The summed E-state index contributed by atoms with van der Waals surface area (Å²) < 4.78 is 29.7. The van der Waals surface area contributed by atoms with E-state index in [0.717, 1.165) is 21.0 Å². The molecule has 0 aliphatic carbocycles. The summed E-state index contributed by atoms with van der Waals surface area (Å²) in [6.07, 6.45) is 2.05. The van der Waals surface area contributed by atoms with Gasteiger partial charge in [-0.15, -0.1) is 0 Å². The summed E-state index contributed by atoms with van der Waals surface area (Å²) in [5.41, 5.74) is -0.731. The zero-order chi connectivity index (χ0) is 21.9. The smallest absolute Gasteiger partial charge is 0.325 e. The number of carbonyl (C=O) groups excluding carboxylic acids is 1. The van der Waals surface area contributed by atoms with Crippen LogP contribution < -0.4 is 21.3 Å². The van der Waals surface area contributed by atoms with Crippen LogP contribution >= 0.6 is 0 Å². The average molecular weight is 436 g/mol. The molecule has 11 heteroatoms. The number of likely N-dealkylation sites (tertiary alicyclic amines) is 1. The van der Waals surface area contributed by atoms with E-state index in [-0.39, 0.29) is 18.5 Å². The van der Waals surface area contributed by atoms with E-state index in [4.69, 9.17) is 0 Å². The molecule has 162 valence electrons. The third-order valence-electron chi connectivity index (χ3n) is 5.04. The first-order valence-corrected chi connectivity index (χ1v) is 11.0. The zero-order valence-electron chi connectivity index (χ0n) is 16.9. The van der Waals surface area contributed by atoms with E-state index >= 15 is 0 Å². The number of rotatable bonds is 6. The largest absolute Gasteiger partial charge is 0.330 e. The number of nitrogens with one attached hydrogen (secondary N) is 2. The van der Waals surface area contributed by atoms with Crippen LogP contribution in [0.25, 0.3) is 0 Å². The van der Waals surface area contributed by atoms with Gasteiger partial charge in [-0.1, -0.05) is 18.2 Å². The Hall–Kier alpha value is -2.76. The molecule has 1 saturated heterocycles. The lowest BCUT2D eigenvalue weighted by Gasteiger charge is -2.31. The van der Waals surface area contributed by atoms with E-state index in [1.807, 2.05) is 35.2 Å². The molecule has 0 bridgehead atoms. The molecule has 2 heterocycles. The van der Waals surface area contributed by atoms with Gasteiger partial charge in [0.1, 0.15) is 0 Å². The Bertz CT molecular complexity index is 1130. The molecule has 1 aromatic heterocycles. The first-order valence-electron chi connectivity index (χ1n) is 9.53. The molecule has 1 amide bonds. The molecular formula is C19H25N5O5S. The fourth-order valence-corrected chi connectivity index (χ4v) is 4.84. The van der Waals surface area contributed by atoms with Crippen LogP contribution in [0.2, 0.25) is 0 Å². The lowest BCUT2D eigenvalue weighted by molar-refractivity contribution is -0.117. The molecule has 2 N–H and O–H groups in total. The molecule has 0 radical (unpaired) electrons. The van der Waals surface area contributed by atoms with E-state index in [2.05, 4.69) is 10.0 Å². The van der Waals surface area contributed by atoms with Crippen LogP contribution in [-0.2, 0) is 28.9 Å². The summed E-state index contributed by atoms with van der Waals surface area (Å²) in [5.74, 6) is -0.131. The average Bonchev–Trinajstić information content (AvgIpc) is 2.71. The number of carbonyl (C=O) groups is 1. The van der Waals surface area contributed by atoms with Crippen LogP contribution in [0.5, 0.6) is 0 Å². The summed E-state index contributed by atoms with van der Waals surface area (Å²) in [6, 6.07) is 8.80. The fraction of sp³-hybridized carbons (Fsp3) is 0.421. The van der Waals surface area contributed by atoms with Crippen LogP contribution in [0.1, 0.15) is 12.8 Å². The molecule has 1 fully saturated rings. The fourth-order valence-electron chi connectivity index (χ4n) is 3.38. The standard InChI is InChI=1S/C19H25N5O5S/c1-22-12-16(18(26)23(2)19(22)27)30(28,29)21-15-8-10-24(11-9-15)13-17(25)20-14-6-4-3-5-7-14/h3-7,12,15,21H,8-11,13H2,1-2H3,(H,20,25). The maximum Gasteiger partial charge on any atom is 0.330 e. The Balaban J connectivity index is 1.57. The van der Waals surface area contributed by atoms with Gasteiger partial charge in [0.2, 0.25) is 15.9 Å². The van der Waals surface area contributed by atoms with Crippen molar-refractivity contribution in [3.63, 3.8) is 0 Å². The van der Waals surface area contributed by atoms with Crippen LogP contribution in [0.15, 0.2) is 51.0 Å². The molecule has 0 unspecified atom stereocenters. The minimum absolute atomic E-state index is 0.131. The monoisotopic (exact) mass is 435 g/mol. The van der Waals surface area contributed by atoms with E-state index in [9.17, 15) is 22.8 Å². The van der Waals surface area contributed by atoms with Crippen molar-refractivity contribution in [1.29, 1.82) is 0 Å². The van der Waals surface area contributed by atoms with Gasteiger partial charge in [0.15, 0.2) is 4.90 Å². The van der Waals surface area contributed by atoms with Crippen molar-refractivity contribution in [1.82, 2.24) is 18.8 Å². The number of piperidine rings is 1. The van der Waals surface area contributed by atoms with Gasteiger partial charge < -0.3 is 9.88 Å². The second-order valence-corrected chi connectivity index (χ2v) is 9.02. The Morgan fingerprint density at radius 2 is 1.73 bits per heavy atom. The van der Waals surface area contributed by atoms with Crippen LogP contribution in [0, 0.1) is 0 Å². The lowest BCUT2D eigenvalue weighted by atomic mass is 10.1. The number of benzene rings is 1. The molecule has 10 nitrogen and oxygen atoms in total. The summed E-state index contributed by atoms with van der Waals surface area (Å²) >= 11 is 0. The predicted octanol–water partition coefficient (Wildman–Crippen LogP) is -0.535. The van der Waals surface area contributed by atoms with Crippen molar-refractivity contribution in [2.24, 2.45) is 14.1 Å². The van der Waals surface area contributed by atoms with Crippen molar-refractivity contribution in [2.75, 3.05) is 25.0 Å². The second-order valence-electron chi connectivity index (χ2n) is 7.34. The number of hydrogen-bond acceptors (Lipinski definition) is 6. The number of nitrogens with zero attached hydrogens (tertiary/aromatic N) is 3. The highest BCUT2D eigenvalue weighted by molar-refractivity contribution is 7.89. The first kappa shape index (κ1) is 21.9. The van der Waals surface area contributed by atoms with E-state index in [1.165, 1.54) is 14.1 Å². The third kappa shape index (κ3) is 5.04. The quantitative estimate of drug-likeness (QED) is 0.629. The molecule has 2 aromatic rings. The van der Waals surface area contributed by atoms with Crippen molar-refractivity contribution < 1.29 is 13.2 Å². The van der Waals surface area contributed by atoms with Crippen LogP contribution in [0.3, 0.4) is 0 Å². The van der Waals surface area contributed by atoms with Gasteiger partial charge >= 0.3 is 5.69 Å². The number of hydrogen-bond donors (Lipinski definition) is 2. The predicted molar refractivity (Wildman–Crippen MR) is 112 cm³/mol. The number of anilines is 1. The highest BCUT2D eigenvalue weighted by atomic mass is 32.2. The van der Waals surface area contributed by atoms with Crippen molar-refractivity contribution in [2.45, 2.75) is 23.8 Å². The first-order chi connectivity index (χ1) is 14.2. The maximum absolute atomic E-state index is 12.7. The topological polar surface area (TPSA) is 123 Å². The van der Waals surface area contributed by atoms with Gasteiger partial charge in [0, 0.05) is 45.1 Å². The van der Waals surface area contributed by atoms with E-state index in [1.54, 1.807) is 0 Å². The number of para-hydroxylation sites is 1. The molecule has 30 heavy (non-hydrogen) atoms. The molecule has 1 aliphatic heterocycles. The summed E-state index contributed by atoms with van der Waals surface area (Å²) in [6.45, 7) is 1.30. The normalized spacial score (nSPS) is 15.8. The lowest BCUT2D eigenvalue weighted by Crippen LogP contribution is -2.48. The Morgan fingerprint density at radius 3 is 2.37 bits per heavy atom. The Morgan fingerprint density at radius 1 is 1.10 bits per heavy atom. The highest BCUT2D eigenvalue weighted by Gasteiger charge is 2.28. The second kappa shape index (κ2) is 8.94. The minimum Gasteiger partial charge on any atom is -0.325 e. The SMILES string of the molecule is Cn1cc(S(=O)(=O)NC2CCN(CC(=O)Nc3ccccc3)CC2)c(=O)n(C)c1=O. The summed E-state index contributed by atoms with van der Waals surface area (Å²) in [5, 5.41) is 2.82. The van der Waals surface area contributed by atoms with Gasteiger partial charge in [0.05, 0.1) is 6.54 Å². The Kier molecular flexibility index (Phi) is 6.54. The van der Waals surface area contributed by atoms with Gasteiger partial charge in [0.25, 0.3) is 5.56 Å². The van der Waals surface area contributed by atoms with Crippen molar-refractivity contribution in [3.05, 3.63) is 57.4 Å². The number of sulfonamides is 1. The van der Waals surface area contributed by atoms with Crippen LogP contribution in [-0.4, -0.2) is 54.0 Å².